The molecule has 0 atom stereocenters. The summed E-state index contributed by atoms with van der Waals surface area (Å²) in [6.45, 7) is 5.42. The second-order valence-corrected chi connectivity index (χ2v) is 9.00. The van der Waals surface area contributed by atoms with Crippen molar-refractivity contribution in [2.75, 3.05) is 0 Å². The molecule has 1 aromatic heterocycles. The Morgan fingerprint density at radius 3 is 2.38 bits per heavy atom. The first kappa shape index (κ1) is 16.6. The molecule has 0 radical (unpaired) electrons. The fraction of sp³-hybridized carbons (Fsp3) is 0.333. The topological polar surface area (TPSA) is 64.8 Å². The minimum absolute atomic E-state index is 0.325. The van der Waals surface area contributed by atoms with E-state index in [1.54, 1.807) is 0 Å². The van der Waals surface area contributed by atoms with Crippen LogP contribution in [0.25, 0.3) is 11.4 Å². The molecule has 1 aromatic carbocycles. The fourth-order valence-electron chi connectivity index (χ4n) is 1.88. The maximum absolute atomic E-state index is 13.2. The van der Waals surface area contributed by atoms with Gasteiger partial charge in [0, 0.05) is 25.4 Å². The van der Waals surface area contributed by atoms with Crippen LogP contribution in [0.2, 0.25) is 0 Å². The molecule has 21 heavy (non-hydrogen) atoms. The Morgan fingerprint density at radius 2 is 1.90 bits per heavy atom. The van der Waals surface area contributed by atoms with Crippen LogP contribution < -0.4 is 0 Å². The molecule has 1 heterocycles. The Kier molecular flexibility index (Phi) is 4.33. The minimum atomic E-state index is -4.04. The number of aromatic nitrogens is 3. The fourth-order valence-corrected chi connectivity index (χ4v) is 3.61. The standard InChI is InChI=1S/C12H12ClFIN3O2S/c1-12(2,3)18-10(16-17-11(18)21(13,19)20)8-5-4-7(14)6-9(8)15/h4-6H,1-3H3. The highest BCUT2D eigenvalue weighted by atomic mass is 127. The molecule has 0 spiro atoms. The Morgan fingerprint density at radius 1 is 1.29 bits per heavy atom. The van der Waals surface area contributed by atoms with Crippen molar-refractivity contribution in [1.29, 1.82) is 0 Å². The van der Waals surface area contributed by atoms with E-state index >= 15 is 0 Å². The number of nitrogens with zero attached hydrogens (tertiary/aromatic N) is 3. The molecular formula is C12H12ClFIN3O2S. The Hall–Kier alpha value is -0.740. The summed E-state index contributed by atoms with van der Waals surface area (Å²) in [6, 6.07) is 4.16. The van der Waals surface area contributed by atoms with Crippen molar-refractivity contribution >= 4 is 42.3 Å². The third kappa shape index (κ3) is 3.37. The molecule has 0 fully saturated rings. The summed E-state index contributed by atoms with van der Waals surface area (Å²) in [7, 11) is 1.38. The lowest BCUT2D eigenvalue weighted by Crippen LogP contribution is -2.26. The zero-order chi connectivity index (χ0) is 16.0. The van der Waals surface area contributed by atoms with Gasteiger partial charge in [0.2, 0.25) is 0 Å². The second-order valence-electron chi connectivity index (χ2n) is 5.37. The maximum atomic E-state index is 13.2. The van der Waals surface area contributed by atoms with Crippen molar-refractivity contribution in [3.63, 3.8) is 0 Å². The SMILES string of the molecule is CC(C)(C)n1c(-c2ccc(F)cc2I)nnc1S(=O)(=O)Cl. The van der Waals surface area contributed by atoms with Crippen LogP contribution in [0.1, 0.15) is 20.8 Å². The van der Waals surface area contributed by atoms with Gasteiger partial charge >= 0.3 is 0 Å². The predicted octanol–water partition coefficient (Wildman–Crippen LogP) is 3.37. The second kappa shape index (κ2) is 5.47. The molecule has 0 aliphatic heterocycles. The third-order valence-electron chi connectivity index (χ3n) is 2.69. The number of benzene rings is 1. The van der Waals surface area contributed by atoms with Crippen LogP contribution >= 0.6 is 33.3 Å². The predicted molar refractivity (Wildman–Crippen MR) is 86.2 cm³/mol. The zero-order valence-electron chi connectivity index (χ0n) is 11.4. The normalized spacial score (nSPS) is 12.7. The first-order valence-electron chi connectivity index (χ1n) is 5.88. The lowest BCUT2D eigenvalue weighted by atomic mass is 10.1. The summed E-state index contributed by atoms with van der Waals surface area (Å²) in [5, 5.41) is 7.29. The van der Waals surface area contributed by atoms with E-state index in [2.05, 4.69) is 10.2 Å². The van der Waals surface area contributed by atoms with Crippen LogP contribution in [-0.4, -0.2) is 23.2 Å². The van der Waals surface area contributed by atoms with Gasteiger partial charge in [0.15, 0.2) is 5.82 Å². The van der Waals surface area contributed by atoms with Crippen molar-refractivity contribution in [3.8, 4) is 11.4 Å². The summed E-state index contributed by atoms with van der Waals surface area (Å²) >= 11 is 1.96. The zero-order valence-corrected chi connectivity index (χ0v) is 15.2. The molecule has 0 N–H and O–H groups in total. The highest BCUT2D eigenvalue weighted by molar-refractivity contribution is 14.1. The number of hydrogen-bond donors (Lipinski definition) is 0. The Balaban J connectivity index is 2.80. The summed E-state index contributed by atoms with van der Waals surface area (Å²) in [6.07, 6.45) is 0. The average Bonchev–Trinajstić information content (AvgIpc) is 2.72. The van der Waals surface area contributed by atoms with Crippen LogP contribution in [0.3, 0.4) is 0 Å². The van der Waals surface area contributed by atoms with Crippen LogP contribution in [0.4, 0.5) is 4.39 Å². The molecule has 2 rings (SSSR count). The van der Waals surface area contributed by atoms with E-state index in [-0.39, 0.29) is 11.0 Å². The van der Waals surface area contributed by atoms with Gasteiger partial charge in [-0.2, -0.15) is 0 Å². The molecule has 0 aliphatic rings. The summed E-state index contributed by atoms with van der Waals surface area (Å²) in [5.41, 5.74) is -0.0286. The van der Waals surface area contributed by atoms with Crippen LogP contribution in [0.5, 0.6) is 0 Å². The van der Waals surface area contributed by atoms with E-state index < -0.39 is 14.6 Å². The van der Waals surface area contributed by atoms with Gasteiger partial charge in [-0.05, 0) is 61.6 Å². The summed E-state index contributed by atoms with van der Waals surface area (Å²) in [4.78, 5) is 0. The van der Waals surface area contributed by atoms with Crippen LogP contribution in [-0.2, 0) is 14.6 Å². The quantitative estimate of drug-likeness (QED) is 0.527. The number of rotatable bonds is 2. The Bertz CT molecular complexity index is 799. The van der Waals surface area contributed by atoms with E-state index in [4.69, 9.17) is 10.7 Å². The van der Waals surface area contributed by atoms with Gasteiger partial charge in [-0.3, -0.25) is 4.57 Å². The lowest BCUT2D eigenvalue weighted by Gasteiger charge is -2.24. The van der Waals surface area contributed by atoms with E-state index in [0.717, 1.165) is 0 Å². The van der Waals surface area contributed by atoms with Crippen LogP contribution in [0.15, 0.2) is 23.4 Å². The van der Waals surface area contributed by atoms with Crippen molar-refractivity contribution < 1.29 is 12.8 Å². The highest BCUT2D eigenvalue weighted by Crippen LogP contribution is 2.31. The molecule has 2 aromatic rings. The third-order valence-corrected chi connectivity index (χ3v) is 4.70. The highest BCUT2D eigenvalue weighted by Gasteiger charge is 2.30. The van der Waals surface area contributed by atoms with Gasteiger partial charge in [0.1, 0.15) is 5.82 Å². The first-order chi connectivity index (χ1) is 9.51. The number of hydrogen-bond acceptors (Lipinski definition) is 4. The molecule has 114 valence electrons. The Labute approximate surface area is 140 Å². The van der Waals surface area contributed by atoms with Gasteiger partial charge in [-0.1, -0.05) is 0 Å². The average molecular weight is 444 g/mol. The van der Waals surface area contributed by atoms with Gasteiger partial charge in [0.25, 0.3) is 14.2 Å². The lowest BCUT2D eigenvalue weighted by molar-refractivity contribution is 0.367. The van der Waals surface area contributed by atoms with Crippen molar-refractivity contribution in [3.05, 3.63) is 27.6 Å². The first-order valence-corrected chi connectivity index (χ1v) is 9.26. The van der Waals surface area contributed by atoms with Crippen molar-refractivity contribution in [1.82, 2.24) is 14.8 Å². The van der Waals surface area contributed by atoms with E-state index in [9.17, 15) is 12.8 Å². The molecule has 0 aliphatic carbocycles. The maximum Gasteiger partial charge on any atom is 0.296 e. The molecular weight excluding hydrogens is 432 g/mol. The molecule has 0 saturated carbocycles. The van der Waals surface area contributed by atoms with Crippen molar-refractivity contribution in [2.45, 2.75) is 31.5 Å². The molecule has 9 heteroatoms. The van der Waals surface area contributed by atoms with E-state index in [1.807, 2.05) is 43.4 Å². The van der Waals surface area contributed by atoms with E-state index in [1.165, 1.54) is 22.8 Å². The monoisotopic (exact) mass is 443 g/mol. The van der Waals surface area contributed by atoms with Crippen molar-refractivity contribution in [2.24, 2.45) is 0 Å². The summed E-state index contributed by atoms with van der Waals surface area (Å²) in [5.74, 6) is -0.0544. The van der Waals surface area contributed by atoms with Gasteiger partial charge in [-0.25, -0.2) is 12.8 Å². The molecule has 5 nitrogen and oxygen atoms in total. The van der Waals surface area contributed by atoms with Gasteiger partial charge in [-0.15, -0.1) is 10.2 Å². The van der Waals surface area contributed by atoms with Gasteiger partial charge < -0.3 is 0 Å². The largest absolute Gasteiger partial charge is 0.296 e. The molecule has 0 amide bonds. The smallest absolute Gasteiger partial charge is 0.291 e. The summed E-state index contributed by atoms with van der Waals surface area (Å²) < 4.78 is 38.6. The molecule has 0 bridgehead atoms. The molecule has 0 saturated heterocycles. The number of halogens is 3. The van der Waals surface area contributed by atoms with E-state index in [0.29, 0.717) is 15.0 Å². The molecule has 0 unspecified atom stereocenters. The van der Waals surface area contributed by atoms with Crippen LogP contribution in [0, 0.1) is 9.39 Å². The minimum Gasteiger partial charge on any atom is -0.291 e. The van der Waals surface area contributed by atoms with Gasteiger partial charge in [0.05, 0.1) is 0 Å².